The van der Waals surface area contributed by atoms with Crippen molar-refractivity contribution in [3.05, 3.63) is 0 Å². The lowest BCUT2D eigenvalue weighted by atomic mass is 9.85. The highest BCUT2D eigenvalue weighted by Gasteiger charge is 2.17. The van der Waals surface area contributed by atoms with Crippen LogP contribution in [0.15, 0.2) is 0 Å². The number of hydrogen-bond donors (Lipinski definition) is 1. The highest BCUT2D eigenvalue weighted by molar-refractivity contribution is 5.78. The summed E-state index contributed by atoms with van der Waals surface area (Å²) < 4.78 is 0. The van der Waals surface area contributed by atoms with Crippen molar-refractivity contribution < 1.29 is 4.79 Å². The number of carbonyl (C=O) groups is 1. The van der Waals surface area contributed by atoms with E-state index in [4.69, 9.17) is 5.73 Å². The molecule has 0 unspecified atom stereocenters. The van der Waals surface area contributed by atoms with Gasteiger partial charge in [-0.05, 0) is 31.7 Å². The molecule has 2 heteroatoms. The summed E-state index contributed by atoms with van der Waals surface area (Å²) in [4.78, 5) is 10.9. The van der Waals surface area contributed by atoms with E-state index in [1.54, 1.807) is 0 Å². The molecule has 1 rings (SSSR count). The van der Waals surface area contributed by atoms with E-state index in [1.165, 1.54) is 12.8 Å². The van der Waals surface area contributed by atoms with Crippen LogP contribution in [0.5, 0.6) is 0 Å². The van der Waals surface area contributed by atoms with Crippen LogP contribution in [0.3, 0.4) is 0 Å². The van der Waals surface area contributed by atoms with Crippen LogP contribution in [-0.4, -0.2) is 12.3 Å². The minimum atomic E-state index is 0.463. The largest absolute Gasteiger partial charge is 0.330 e. The van der Waals surface area contributed by atoms with Gasteiger partial charge in [0.2, 0.25) is 0 Å². The monoisotopic (exact) mass is 169 g/mol. The summed E-state index contributed by atoms with van der Waals surface area (Å²) in [7, 11) is 0. The Labute approximate surface area is 74.5 Å². The molecule has 1 aliphatic rings. The molecule has 2 N–H and O–H groups in total. The van der Waals surface area contributed by atoms with E-state index >= 15 is 0 Å². The zero-order valence-electron chi connectivity index (χ0n) is 7.72. The van der Waals surface area contributed by atoms with E-state index in [9.17, 15) is 4.79 Å². The molecular formula is C10H19NO. The maximum absolute atomic E-state index is 10.9. The molecule has 0 saturated heterocycles. The molecule has 2 nitrogen and oxygen atoms in total. The van der Waals surface area contributed by atoms with Gasteiger partial charge in [-0.3, -0.25) is 4.79 Å². The summed E-state index contributed by atoms with van der Waals surface area (Å²) in [5.74, 6) is 1.28. The Morgan fingerprint density at radius 1 is 1.25 bits per heavy atom. The predicted molar refractivity (Wildman–Crippen MR) is 49.9 cm³/mol. The first-order valence-corrected chi connectivity index (χ1v) is 5.04. The van der Waals surface area contributed by atoms with Gasteiger partial charge in [-0.25, -0.2) is 0 Å². The van der Waals surface area contributed by atoms with Crippen molar-refractivity contribution in [3.63, 3.8) is 0 Å². The van der Waals surface area contributed by atoms with E-state index in [0.717, 1.165) is 44.6 Å². The fourth-order valence-electron chi connectivity index (χ4n) is 1.87. The van der Waals surface area contributed by atoms with Crippen LogP contribution in [-0.2, 0) is 4.79 Å². The average molecular weight is 169 g/mol. The van der Waals surface area contributed by atoms with Crippen LogP contribution >= 0.6 is 0 Å². The van der Waals surface area contributed by atoms with Gasteiger partial charge in [0.15, 0.2) is 0 Å². The summed E-state index contributed by atoms with van der Waals surface area (Å²) in [6.45, 7) is 0.811. The molecule has 1 aliphatic carbocycles. The molecule has 0 radical (unpaired) electrons. The lowest BCUT2D eigenvalue weighted by Crippen LogP contribution is -2.14. The molecular weight excluding hydrogens is 150 g/mol. The zero-order valence-corrected chi connectivity index (χ0v) is 7.72. The third-order valence-corrected chi connectivity index (χ3v) is 2.73. The molecule has 0 aromatic heterocycles. The summed E-state index contributed by atoms with van der Waals surface area (Å²) in [6.07, 6.45) is 7.58. The number of Topliss-reactive ketones (excluding diaryl/α,β-unsaturated/α-hetero) is 1. The molecule has 1 fully saturated rings. The Balaban J connectivity index is 2.05. The molecule has 0 bridgehead atoms. The van der Waals surface area contributed by atoms with Gasteiger partial charge in [-0.2, -0.15) is 0 Å². The molecule has 12 heavy (non-hydrogen) atoms. The maximum Gasteiger partial charge on any atom is 0.132 e. The Morgan fingerprint density at radius 3 is 2.50 bits per heavy atom. The first kappa shape index (κ1) is 9.72. The zero-order chi connectivity index (χ0) is 8.81. The van der Waals surface area contributed by atoms with E-state index in [0.29, 0.717) is 5.78 Å². The van der Waals surface area contributed by atoms with Gasteiger partial charge in [0.05, 0.1) is 0 Å². The van der Waals surface area contributed by atoms with Crippen molar-refractivity contribution in [1.29, 1.82) is 0 Å². The lowest BCUT2D eigenvalue weighted by molar-refractivity contribution is -0.121. The normalized spacial score (nSPS) is 19.9. The fourth-order valence-corrected chi connectivity index (χ4v) is 1.87. The highest BCUT2D eigenvalue weighted by Crippen LogP contribution is 2.25. The first-order valence-electron chi connectivity index (χ1n) is 5.04. The van der Waals surface area contributed by atoms with Gasteiger partial charge in [-0.15, -0.1) is 0 Å². The van der Waals surface area contributed by atoms with Crippen LogP contribution in [0.25, 0.3) is 0 Å². The average Bonchev–Trinajstić information content (AvgIpc) is 2.09. The Bertz CT molecular complexity index is 135. The minimum absolute atomic E-state index is 0.463. The third kappa shape index (κ3) is 3.35. The summed E-state index contributed by atoms with van der Waals surface area (Å²) in [5.41, 5.74) is 5.41. The van der Waals surface area contributed by atoms with Crippen LogP contribution < -0.4 is 5.73 Å². The predicted octanol–water partition coefficient (Wildman–Crippen LogP) is 1.87. The first-order chi connectivity index (χ1) is 5.83. The summed E-state index contributed by atoms with van der Waals surface area (Å²) >= 11 is 0. The third-order valence-electron chi connectivity index (χ3n) is 2.73. The maximum atomic E-state index is 10.9. The lowest BCUT2D eigenvalue weighted by Gasteiger charge is -2.20. The minimum Gasteiger partial charge on any atom is -0.330 e. The van der Waals surface area contributed by atoms with Crippen molar-refractivity contribution in [3.8, 4) is 0 Å². The molecule has 0 heterocycles. The molecule has 0 aromatic rings. The molecule has 0 aliphatic heterocycles. The van der Waals surface area contributed by atoms with Crippen LogP contribution in [0.4, 0.5) is 0 Å². The summed E-state index contributed by atoms with van der Waals surface area (Å²) in [6, 6.07) is 0. The summed E-state index contributed by atoms with van der Waals surface area (Å²) in [5, 5.41) is 0. The quantitative estimate of drug-likeness (QED) is 0.653. The van der Waals surface area contributed by atoms with Crippen molar-refractivity contribution >= 4 is 5.78 Å². The van der Waals surface area contributed by atoms with Gasteiger partial charge in [0, 0.05) is 12.8 Å². The van der Waals surface area contributed by atoms with E-state index < -0.39 is 0 Å². The van der Waals surface area contributed by atoms with Crippen molar-refractivity contribution in [2.45, 2.75) is 44.9 Å². The van der Waals surface area contributed by atoms with Crippen molar-refractivity contribution in [2.24, 2.45) is 11.7 Å². The number of hydrogen-bond acceptors (Lipinski definition) is 2. The second kappa shape index (κ2) is 5.31. The standard InChI is InChI=1S/C10H19NO/c11-8-2-1-3-9-4-6-10(12)7-5-9/h9H,1-8,11H2. The highest BCUT2D eigenvalue weighted by atomic mass is 16.1. The van der Waals surface area contributed by atoms with Crippen molar-refractivity contribution in [2.75, 3.05) is 6.54 Å². The number of unbranched alkanes of at least 4 members (excludes halogenated alkanes) is 1. The van der Waals surface area contributed by atoms with E-state index in [1.807, 2.05) is 0 Å². The van der Waals surface area contributed by atoms with Gasteiger partial charge >= 0.3 is 0 Å². The molecule has 0 amide bonds. The molecule has 1 saturated carbocycles. The second-order valence-corrected chi connectivity index (χ2v) is 3.77. The fraction of sp³-hybridized carbons (Fsp3) is 0.900. The van der Waals surface area contributed by atoms with E-state index in [-0.39, 0.29) is 0 Å². The molecule has 70 valence electrons. The topological polar surface area (TPSA) is 43.1 Å². The SMILES string of the molecule is NCCCCC1CCC(=O)CC1. The number of rotatable bonds is 4. The van der Waals surface area contributed by atoms with Crippen LogP contribution in [0.1, 0.15) is 44.9 Å². The van der Waals surface area contributed by atoms with Gasteiger partial charge in [0.1, 0.15) is 5.78 Å². The molecule has 0 atom stereocenters. The second-order valence-electron chi connectivity index (χ2n) is 3.77. The van der Waals surface area contributed by atoms with Crippen molar-refractivity contribution in [1.82, 2.24) is 0 Å². The molecule has 0 spiro atoms. The number of nitrogens with two attached hydrogens (primary N) is 1. The Hall–Kier alpha value is -0.370. The van der Waals surface area contributed by atoms with Crippen LogP contribution in [0.2, 0.25) is 0 Å². The van der Waals surface area contributed by atoms with Gasteiger partial charge in [0.25, 0.3) is 0 Å². The Morgan fingerprint density at radius 2 is 1.92 bits per heavy atom. The molecule has 0 aromatic carbocycles. The smallest absolute Gasteiger partial charge is 0.132 e. The number of carbonyl (C=O) groups excluding carboxylic acids is 1. The number of ketones is 1. The van der Waals surface area contributed by atoms with E-state index in [2.05, 4.69) is 0 Å². The van der Waals surface area contributed by atoms with Gasteiger partial charge < -0.3 is 5.73 Å². The van der Waals surface area contributed by atoms with Crippen LogP contribution in [0, 0.1) is 5.92 Å². The Kier molecular flexibility index (Phi) is 4.30. The van der Waals surface area contributed by atoms with Gasteiger partial charge in [-0.1, -0.05) is 12.8 Å².